The average Bonchev–Trinajstić information content (AvgIpc) is 2.45. The first-order chi connectivity index (χ1) is 8.98. The molecule has 0 fully saturated rings. The van der Waals surface area contributed by atoms with Crippen LogP contribution in [0.15, 0.2) is 24.3 Å². The predicted molar refractivity (Wildman–Crippen MR) is 82.5 cm³/mol. The third-order valence-electron chi connectivity index (χ3n) is 3.41. The Morgan fingerprint density at radius 2 is 1.74 bits per heavy atom. The number of carbonyl (C=O) groups excluding carboxylic acids is 1. The molecule has 0 spiro atoms. The van der Waals surface area contributed by atoms with E-state index in [1.54, 1.807) is 0 Å². The van der Waals surface area contributed by atoms with Crippen molar-refractivity contribution in [2.45, 2.75) is 38.6 Å². The summed E-state index contributed by atoms with van der Waals surface area (Å²) in [5, 5.41) is 2.94. The highest BCUT2D eigenvalue weighted by molar-refractivity contribution is 6.22. The lowest BCUT2D eigenvalue weighted by Crippen LogP contribution is -2.51. The highest BCUT2D eigenvalue weighted by Gasteiger charge is 2.28. The molecule has 106 valence electrons. The molecule has 0 radical (unpaired) electrons. The maximum absolute atomic E-state index is 12.2. The van der Waals surface area contributed by atoms with E-state index in [0.717, 1.165) is 0 Å². The molecule has 0 aromatic heterocycles. The number of benzene rings is 1. The maximum Gasteiger partial charge on any atom is 0.251 e. The molecule has 0 aliphatic rings. The SMILES string of the molecule is CCC(CCl)(CCl)NC(=O)c1ccc(C(C)C)cc1. The van der Waals surface area contributed by atoms with Crippen molar-refractivity contribution in [3.8, 4) is 0 Å². The van der Waals surface area contributed by atoms with Gasteiger partial charge in [0.05, 0.1) is 5.54 Å². The van der Waals surface area contributed by atoms with E-state index in [9.17, 15) is 4.79 Å². The lowest BCUT2D eigenvalue weighted by molar-refractivity contribution is 0.0913. The molecule has 2 nitrogen and oxygen atoms in total. The Balaban J connectivity index is 2.83. The van der Waals surface area contributed by atoms with Gasteiger partial charge < -0.3 is 5.32 Å². The van der Waals surface area contributed by atoms with Gasteiger partial charge in [0.2, 0.25) is 0 Å². The van der Waals surface area contributed by atoms with Crippen molar-refractivity contribution >= 4 is 29.1 Å². The van der Waals surface area contributed by atoms with Crippen LogP contribution in [0.3, 0.4) is 0 Å². The van der Waals surface area contributed by atoms with E-state index in [0.29, 0.717) is 29.7 Å². The van der Waals surface area contributed by atoms with Crippen molar-refractivity contribution in [3.63, 3.8) is 0 Å². The van der Waals surface area contributed by atoms with Gasteiger partial charge in [-0.25, -0.2) is 0 Å². The zero-order chi connectivity index (χ0) is 14.5. The minimum atomic E-state index is -0.531. The van der Waals surface area contributed by atoms with Crippen molar-refractivity contribution in [1.82, 2.24) is 5.32 Å². The number of alkyl halides is 2. The minimum Gasteiger partial charge on any atom is -0.344 e. The van der Waals surface area contributed by atoms with Crippen LogP contribution in [-0.4, -0.2) is 23.2 Å². The number of rotatable bonds is 6. The topological polar surface area (TPSA) is 29.1 Å². The molecule has 0 aliphatic carbocycles. The molecule has 0 atom stereocenters. The lowest BCUT2D eigenvalue weighted by Gasteiger charge is -2.29. The number of carbonyl (C=O) groups is 1. The number of nitrogens with one attached hydrogen (secondary N) is 1. The van der Waals surface area contributed by atoms with Crippen molar-refractivity contribution in [2.24, 2.45) is 0 Å². The van der Waals surface area contributed by atoms with Gasteiger partial charge in [0.1, 0.15) is 0 Å². The highest BCUT2D eigenvalue weighted by Crippen LogP contribution is 2.18. The van der Waals surface area contributed by atoms with Crippen LogP contribution in [0, 0.1) is 0 Å². The Morgan fingerprint density at radius 3 is 2.11 bits per heavy atom. The molecule has 0 heterocycles. The van der Waals surface area contributed by atoms with Crippen molar-refractivity contribution in [2.75, 3.05) is 11.8 Å². The second kappa shape index (κ2) is 7.16. The van der Waals surface area contributed by atoms with Gasteiger partial charge in [-0.05, 0) is 30.0 Å². The summed E-state index contributed by atoms with van der Waals surface area (Å²) < 4.78 is 0. The minimum absolute atomic E-state index is 0.126. The van der Waals surface area contributed by atoms with E-state index in [-0.39, 0.29) is 5.91 Å². The Hall–Kier alpha value is -0.730. The molecule has 1 amide bonds. The van der Waals surface area contributed by atoms with E-state index >= 15 is 0 Å². The predicted octanol–water partition coefficient (Wildman–Crippen LogP) is 4.17. The fraction of sp³-hybridized carbons (Fsp3) is 0.533. The first-order valence-corrected chi connectivity index (χ1v) is 7.59. The van der Waals surface area contributed by atoms with Crippen LogP contribution in [0.1, 0.15) is 49.0 Å². The summed E-state index contributed by atoms with van der Waals surface area (Å²) >= 11 is 11.8. The highest BCUT2D eigenvalue weighted by atomic mass is 35.5. The van der Waals surface area contributed by atoms with E-state index in [2.05, 4.69) is 19.2 Å². The van der Waals surface area contributed by atoms with Crippen molar-refractivity contribution in [3.05, 3.63) is 35.4 Å². The summed E-state index contributed by atoms with van der Waals surface area (Å²) in [6.07, 6.45) is 0.704. The van der Waals surface area contributed by atoms with E-state index in [1.165, 1.54) is 5.56 Å². The normalized spacial score (nSPS) is 11.7. The Bertz CT molecular complexity index is 402. The molecule has 1 rings (SSSR count). The Kier molecular flexibility index (Phi) is 6.15. The molecular formula is C15H21Cl2NO. The van der Waals surface area contributed by atoms with E-state index < -0.39 is 5.54 Å². The van der Waals surface area contributed by atoms with E-state index in [4.69, 9.17) is 23.2 Å². The molecule has 0 unspecified atom stereocenters. The standard InChI is InChI=1S/C15H21Cl2NO/c1-4-15(9-16,10-17)18-14(19)13-7-5-12(6-8-13)11(2)3/h5-8,11H,4,9-10H2,1-3H3,(H,18,19). The number of hydrogen-bond donors (Lipinski definition) is 1. The fourth-order valence-corrected chi connectivity index (χ4v) is 2.51. The van der Waals surface area contributed by atoms with Crippen LogP contribution in [0.4, 0.5) is 0 Å². The third kappa shape index (κ3) is 4.12. The van der Waals surface area contributed by atoms with Crippen LogP contribution in [-0.2, 0) is 0 Å². The molecule has 1 N–H and O–H groups in total. The third-order valence-corrected chi connectivity index (χ3v) is 4.43. The number of amides is 1. The quantitative estimate of drug-likeness (QED) is 0.785. The van der Waals surface area contributed by atoms with E-state index in [1.807, 2.05) is 31.2 Å². The van der Waals surface area contributed by atoms with Gasteiger partial charge in [-0.3, -0.25) is 4.79 Å². The van der Waals surface area contributed by atoms with Crippen molar-refractivity contribution in [1.29, 1.82) is 0 Å². The van der Waals surface area contributed by atoms with Crippen LogP contribution >= 0.6 is 23.2 Å². The van der Waals surface area contributed by atoms with Gasteiger partial charge in [0.15, 0.2) is 0 Å². The molecule has 0 aliphatic heterocycles. The summed E-state index contributed by atoms with van der Waals surface area (Å²) in [6, 6.07) is 7.64. The number of hydrogen-bond acceptors (Lipinski definition) is 1. The molecule has 0 saturated carbocycles. The average molecular weight is 302 g/mol. The summed E-state index contributed by atoms with van der Waals surface area (Å²) in [7, 11) is 0. The molecule has 1 aromatic carbocycles. The summed E-state index contributed by atoms with van der Waals surface area (Å²) in [4.78, 5) is 12.2. The summed E-state index contributed by atoms with van der Waals surface area (Å²) in [5.41, 5.74) is 1.32. The van der Waals surface area contributed by atoms with Gasteiger partial charge in [0.25, 0.3) is 5.91 Å². The van der Waals surface area contributed by atoms with Gasteiger partial charge >= 0.3 is 0 Å². The Labute approximate surface area is 125 Å². The van der Waals surface area contributed by atoms with Gasteiger partial charge in [-0.1, -0.05) is 32.9 Å². The largest absolute Gasteiger partial charge is 0.344 e. The fourth-order valence-electron chi connectivity index (χ4n) is 1.71. The van der Waals surface area contributed by atoms with Crippen LogP contribution in [0.25, 0.3) is 0 Å². The molecular weight excluding hydrogens is 281 g/mol. The lowest BCUT2D eigenvalue weighted by atomic mass is 9.99. The zero-order valence-electron chi connectivity index (χ0n) is 11.7. The first-order valence-electron chi connectivity index (χ1n) is 6.52. The smallest absolute Gasteiger partial charge is 0.251 e. The van der Waals surface area contributed by atoms with Crippen LogP contribution < -0.4 is 5.32 Å². The number of halogens is 2. The summed E-state index contributed by atoms with van der Waals surface area (Å²) in [5.74, 6) is 0.946. The maximum atomic E-state index is 12.2. The second-order valence-electron chi connectivity index (χ2n) is 5.13. The van der Waals surface area contributed by atoms with Gasteiger partial charge in [-0.2, -0.15) is 0 Å². The summed E-state index contributed by atoms with van der Waals surface area (Å²) in [6.45, 7) is 6.21. The van der Waals surface area contributed by atoms with Gasteiger partial charge in [0, 0.05) is 17.3 Å². The second-order valence-corrected chi connectivity index (χ2v) is 5.67. The monoisotopic (exact) mass is 301 g/mol. The van der Waals surface area contributed by atoms with Crippen LogP contribution in [0.5, 0.6) is 0 Å². The molecule has 4 heteroatoms. The zero-order valence-corrected chi connectivity index (χ0v) is 13.2. The molecule has 1 aromatic rings. The first kappa shape index (κ1) is 16.3. The van der Waals surface area contributed by atoms with Crippen molar-refractivity contribution < 1.29 is 4.79 Å². The molecule has 19 heavy (non-hydrogen) atoms. The molecule has 0 saturated heterocycles. The van der Waals surface area contributed by atoms with Crippen LogP contribution in [0.2, 0.25) is 0 Å². The Morgan fingerprint density at radius 1 is 1.21 bits per heavy atom. The van der Waals surface area contributed by atoms with Gasteiger partial charge in [-0.15, -0.1) is 23.2 Å². The molecule has 0 bridgehead atoms.